The van der Waals surface area contributed by atoms with Crippen molar-refractivity contribution in [2.45, 2.75) is 18.9 Å². The Kier molecular flexibility index (Phi) is 1.39. The average Bonchev–Trinajstić information content (AvgIpc) is 2.44. The summed E-state index contributed by atoms with van der Waals surface area (Å²) in [7, 11) is 0. The first-order valence-electron chi connectivity index (χ1n) is 3.08. The zero-order valence-electron chi connectivity index (χ0n) is 5.63. The van der Waals surface area contributed by atoms with Gasteiger partial charge in [0.05, 0.1) is 0 Å². The zero-order valence-corrected chi connectivity index (χ0v) is 5.63. The molecule has 0 aliphatic heterocycles. The SMILES string of the molecule is C[C@H]1C[C@]1(NC=O)C(=O)O. The first kappa shape index (κ1) is 7.05. The number of carbonyl (C=O) groups excluding carboxylic acids is 1. The smallest absolute Gasteiger partial charge is 0.329 e. The van der Waals surface area contributed by atoms with Gasteiger partial charge in [-0.3, -0.25) is 4.79 Å². The summed E-state index contributed by atoms with van der Waals surface area (Å²) in [6.07, 6.45) is 0.985. The van der Waals surface area contributed by atoms with Crippen molar-refractivity contribution in [3.63, 3.8) is 0 Å². The number of carboxylic acids is 1. The minimum atomic E-state index is -0.943. The molecule has 1 aliphatic rings. The van der Waals surface area contributed by atoms with Crippen molar-refractivity contribution >= 4 is 12.4 Å². The van der Waals surface area contributed by atoms with Crippen molar-refractivity contribution < 1.29 is 14.7 Å². The predicted molar refractivity (Wildman–Crippen MR) is 33.3 cm³/mol. The van der Waals surface area contributed by atoms with Crippen molar-refractivity contribution in [3.8, 4) is 0 Å². The maximum atomic E-state index is 10.5. The molecule has 2 N–H and O–H groups in total. The van der Waals surface area contributed by atoms with Crippen LogP contribution in [0.15, 0.2) is 0 Å². The van der Waals surface area contributed by atoms with Gasteiger partial charge in [0, 0.05) is 0 Å². The Hall–Kier alpha value is -1.06. The molecular weight excluding hydrogens is 134 g/mol. The van der Waals surface area contributed by atoms with Crippen LogP contribution in [0, 0.1) is 5.92 Å². The summed E-state index contributed by atoms with van der Waals surface area (Å²) < 4.78 is 0. The summed E-state index contributed by atoms with van der Waals surface area (Å²) in [6.45, 7) is 1.80. The number of amides is 1. The quantitative estimate of drug-likeness (QED) is 0.528. The van der Waals surface area contributed by atoms with Gasteiger partial charge in [0.25, 0.3) is 0 Å². The molecule has 1 saturated carbocycles. The lowest BCUT2D eigenvalue weighted by molar-refractivity contribution is -0.142. The fourth-order valence-corrected chi connectivity index (χ4v) is 1.09. The first-order valence-corrected chi connectivity index (χ1v) is 3.08. The maximum absolute atomic E-state index is 10.5. The fourth-order valence-electron chi connectivity index (χ4n) is 1.09. The molecule has 0 unspecified atom stereocenters. The maximum Gasteiger partial charge on any atom is 0.329 e. The van der Waals surface area contributed by atoms with E-state index in [-0.39, 0.29) is 5.92 Å². The van der Waals surface area contributed by atoms with E-state index in [1.807, 2.05) is 0 Å². The van der Waals surface area contributed by atoms with E-state index in [1.54, 1.807) is 6.92 Å². The van der Waals surface area contributed by atoms with E-state index in [0.717, 1.165) is 0 Å². The molecule has 0 aromatic heterocycles. The summed E-state index contributed by atoms with van der Waals surface area (Å²) in [5, 5.41) is 10.9. The van der Waals surface area contributed by atoms with E-state index in [4.69, 9.17) is 5.11 Å². The van der Waals surface area contributed by atoms with Crippen molar-refractivity contribution in [2.24, 2.45) is 5.92 Å². The van der Waals surface area contributed by atoms with Gasteiger partial charge in [-0.05, 0) is 12.3 Å². The first-order chi connectivity index (χ1) is 4.63. The molecule has 0 heterocycles. The normalized spacial score (nSPS) is 36.7. The summed E-state index contributed by atoms with van der Waals surface area (Å²) in [5.74, 6) is -0.873. The summed E-state index contributed by atoms with van der Waals surface area (Å²) in [5.41, 5.74) is -0.943. The van der Waals surface area contributed by atoms with Crippen molar-refractivity contribution in [2.75, 3.05) is 0 Å². The largest absolute Gasteiger partial charge is 0.479 e. The fraction of sp³-hybridized carbons (Fsp3) is 0.667. The van der Waals surface area contributed by atoms with Gasteiger partial charge < -0.3 is 10.4 Å². The number of carboxylic acid groups (broad SMARTS) is 1. The van der Waals surface area contributed by atoms with Gasteiger partial charge in [-0.15, -0.1) is 0 Å². The van der Waals surface area contributed by atoms with Gasteiger partial charge in [0.1, 0.15) is 5.54 Å². The molecular formula is C6H9NO3. The van der Waals surface area contributed by atoms with Crippen LogP contribution in [-0.2, 0) is 9.59 Å². The minimum absolute atomic E-state index is 0.0650. The van der Waals surface area contributed by atoms with Crippen LogP contribution in [0.4, 0.5) is 0 Å². The second-order valence-corrected chi connectivity index (χ2v) is 2.64. The molecule has 56 valence electrons. The molecule has 1 rings (SSSR count). The second-order valence-electron chi connectivity index (χ2n) is 2.64. The van der Waals surface area contributed by atoms with Gasteiger partial charge in [0.15, 0.2) is 0 Å². The number of carbonyl (C=O) groups is 2. The van der Waals surface area contributed by atoms with Crippen molar-refractivity contribution in [3.05, 3.63) is 0 Å². The van der Waals surface area contributed by atoms with Gasteiger partial charge in [0.2, 0.25) is 6.41 Å². The van der Waals surface area contributed by atoms with E-state index < -0.39 is 11.5 Å². The van der Waals surface area contributed by atoms with E-state index in [9.17, 15) is 9.59 Å². The Bertz CT molecular complexity index is 180. The molecule has 4 nitrogen and oxygen atoms in total. The highest BCUT2D eigenvalue weighted by molar-refractivity contribution is 5.85. The Labute approximate surface area is 58.2 Å². The third-order valence-corrected chi connectivity index (χ3v) is 2.01. The van der Waals surface area contributed by atoms with Crippen LogP contribution in [-0.4, -0.2) is 23.0 Å². The number of hydrogen-bond donors (Lipinski definition) is 2. The van der Waals surface area contributed by atoms with Crippen LogP contribution >= 0.6 is 0 Å². The number of hydrogen-bond acceptors (Lipinski definition) is 2. The molecule has 1 fully saturated rings. The molecule has 4 heteroatoms. The predicted octanol–water partition coefficient (Wildman–Crippen LogP) is -0.404. The van der Waals surface area contributed by atoms with Crippen LogP contribution in [0.1, 0.15) is 13.3 Å². The minimum Gasteiger partial charge on any atom is -0.479 e. The molecule has 0 spiro atoms. The lowest BCUT2D eigenvalue weighted by Gasteiger charge is -2.07. The standard InChI is InChI=1S/C6H9NO3/c1-4-2-6(4,5(9)10)7-3-8/h3-4H,2H2,1H3,(H,7,8)(H,9,10)/t4-,6+/m0/s1. The Morgan fingerprint density at radius 2 is 2.40 bits per heavy atom. The third-order valence-electron chi connectivity index (χ3n) is 2.01. The Morgan fingerprint density at radius 1 is 1.90 bits per heavy atom. The Balaban J connectivity index is 2.63. The van der Waals surface area contributed by atoms with Gasteiger partial charge in [-0.25, -0.2) is 4.79 Å². The molecule has 0 saturated heterocycles. The highest BCUT2D eigenvalue weighted by atomic mass is 16.4. The lowest BCUT2D eigenvalue weighted by atomic mass is 10.2. The molecule has 1 amide bonds. The number of rotatable bonds is 3. The molecule has 0 radical (unpaired) electrons. The number of nitrogens with one attached hydrogen (secondary N) is 1. The highest BCUT2D eigenvalue weighted by Gasteiger charge is 2.57. The van der Waals surface area contributed by atoms with Gasteiger partial charge in [-0.1, -0.05) is 6.92 Å². The molecule has 1 aliphatic carbocycles. The van der Waals surface area contributed by atoms with Crippen LogP contribution in [0.5, 0.6) is 0 Å². The monoisotopic (exact) mass is 143 g/mol. The summed E-state index contributed by atoms with van der Waals surface area (Å²) in [6, 6.07) is 0. The van der Waals surface area contributed by atoms with E-state index in [0.29, 0.717) is 12.8 Å². The number of aliphatic carboxylic acids is 1. The average molecular weight is 143 g/mol. The third kappa shape index (κ3) is 0.761. The molecule has 0 aromatic carbocycles. The van der Waals surface area contributed by atoms with Crippen LogP contribution in [0.3, 0.4) is 0 Å². The molecule has 0 bridgehead atoms. The zero-order chi connectivity index (χ0) is 7.78. The lowest BCUT2D eigenvalue weighted by Crippen LogP contribution is -2.39. The van der Waals surface area contributed by atoms with Crippen molar-refractivity contribution in [1.82, 2.24) is 5.32 Å². The van der Waals surface area contributed by atoms with Crippen LogP contribution < -0.4 is 5.32 Å². The van der Waals surface area contributed by atoms with E-state index in [1.165, 1.54) is 0 Å². The van der Waals surface area contributed by atoms with E-state index >= 15 is 0 Å². The van der Waals surface area contributed by atoms with Crippen LogP contribution in [0.25, 0.3) is 0 Å². The summed E-state index contributed by atoms with van der Waals surface area (Å²) in [4.78, 5) is 20.4. The highest BCUT2D eigenvalue weighted by Crippen LogP contribution is 2.42. The molecule has 0 aromatic rings. The summed E-state index contributed by atoms with van der Waals surface area (Å²) >= 11 is 0. The van der Waals surface area contributed by atoms with Crippen molar-refractivity contribution in [1.29, 1.82) is 0 Å². The second kappa shape index (κ2) is 1.97. The van der Waals surface area contributed by atoms with E-state index in [2.05, 4.69) is 5.32 Å². The molecule has 10 heavy (non-hydrogen) atoms. The van der Waals surface area contributed by atoms with Gasteiger partial charge in [-0.2, -0.15) is 0 Å². The molecule has 2 atom stereocenters. The van der Waals surface area contributed by atoms with Crippen LogP contribution in [0.2, 0.25) is 0 Å². The van der Waals surface area contributed by atoms with Gasteiger partial charge >= 0.3 is 5.97 Å². The Morgan fingerprint density at radius 3 is 2.50 bits per heavy atom. The topological polar surface area (TPSA) is 66.4 Å².